The first-order valence-electron chi connectivity index (χ1n) is 16.6. The molecule has 6 aromatic carbocycles. The molecule has 0 unspecified atom stereocenters. The van der Waals surface area contributed by atoms with Crippen LogP contribution in [0.1, 0.15) is 25.0 Å². The van der Waals surface area contributed by atoms with Gasteiger partial charge in [0.2, 0.25) is 0 Å². The molecule has 49 heavy (non-hydrogen) atoms. The van der Waals surface area contributed by atoms with Gasteiger partial charge in [-0.1, -0.05) is 153 Å². The molecule has 0 saturated heterocycles. The van der Waals surface area contributed by atoms with Gasteiger partial charge < -0.3 is 0 Å². The fraction of sp³-hybridized carbons (Fsp3) is 0.0667. The molecular weight excluding hydrogens is 597 g/mol. The van der Waals surface area contributed by atoms with Crippen molar-refractivity contribution in [2.75, 3.05) is 0 Å². The number of rotatable bonds is 5. The molecule has 2 heterocycles. The molecule has 0 N–H and O–H groups in total. The highest BCUT2D eigenvalue weighted by Crippen LogP contribution is 2.54. The summed E-state index contributed by atoms with van der Waals surface area (Å²) in [5.74, 6) is 1.92. The fourth-order valence-corrected chi connectivity index (χ4v) is 7.39. The van der Waals surface area contributed by atoms with Gasteiger partial charge in [0.25, 0.3) is 0 Å². The van der Waals surface area contributed by atoms with Crippen LogP contribution in [0.4, 0.5) is 0 Å². The summed E-state index contributed by atoms with van der Waals surface area (Å²) in [6, 6.07) is 51.1. The average Bonchev–Trinajstić information content (AvgIpc) is 3.42. The van der Waals surface area contributed by atoms with Crippen LogP contribution in [0, 0.1) is 0 Å². The number of fused-ring (bicyclic) bond motifs is 5. The molecule has 0 bridgehead atoms. The molecule has 2 aromatic heterocycles. The molecular formula is C45H32N4. The van der Waals surface area contributed by atoms with E-state index in [2.05, 4.69) is 128 Å². The summed E-state index contributed by atoms with van der Waals surface area (Å²) in [6.07, 6.45) is 3.66. The molecule has 0 spiro atoms. The van der Waals surface area contributed by atoms with Crippen molar-refractivity contribution in [2.24, 2.45) is 0 Å². The summed E-state index contributed by atoms with van der Waals surface area (Å²) in [5, 5.41) is 2.61. The predicted molar refractivity (Wildman–Crippen MR) is 200 cm³/mol. The van der Waals surface area contributed by atoms with Gasteiger partial charge in [-0.05, 0) is 61.3 Å². The quantitative estimate of drug-likeness (QED) is 0.190. The number of aromatic nitrogens is 4. The van der Waals surface area contributed by atoms with E-state index in [-0.39, 0.29) is 5.41 Å². The lowest BCUT2D eigenvalue weighted by atomic mass is 9.80. The lowest BCUT2D eigenvalue weighted by Gasteiger charge is -2.23. The number of hydrogen-bond acceptors (Lipinski definition) is 4. The van der Waals surface area contributed by atoms with Crippen LogP contribution in [-0.2, 0) is 5.41 Å². The van der Waals surface area contributed by atoms with Gasteiger partial charge in [0.15, 0.2) is 17.5 Å². The predicted octanol–water partition coefficient (Wildman–Crippen LogP) is 11.1. The zero-order valence-electron chi connectivity index (χ0n) is 27.3. The Hall–Kier alpha value is -6.26. The van der Waals surface area contributed by atoms with Crippen molar-refractivity contribution in [3.05, 3.63) is 169 Å². The molecule has 4 nitrogen and oxygen atoms in total. The zero-order valence-corrected chi connectivity index (χ0v) is 27.3. The first-order chi connectivity index (χ1) is 24.0. The smallest absolute Gasteiger partial charge is 0.164 e. The molecule has 0 radical (unpaired) electrons. The molecule has 1 aliphatic rings. The second-order valence-corrected chi connectivity index (χ2v) is 13.1. The monoisotopic (exact) mass is 628 g/mol. The van der Waals surface area contributed by atoms with E-state index in [9.17, 15) is 0 Å². The third kappa shape index (κ3) is 4.92. The summed E-state index contributed by atoms with van der Waals surface area (Å²) in [5.41, 5.74) is 12.7. The van der Waals surface area contributed by atoms with Crippen molar-refractivity contribution in [2.45, 2.75) is 19.3 Å². The summed E-state index contributed by atoms with van der Waals surface area (Å²) >= 11 is 0. The van der Waals surface area contributed by atoms with E-state index in [1.54, 1.807) is 6.20 Å². The first-order valence-corrected chi connectivity index (χ1v) is 16.6. The Bertz CT molecular complexity index is 2490. The molecule has 0 saturated carbocycles. The minimum Gasteiger partial charge on any atom is -0.264 e. The van der Waals surface area contributed by atoms with Gasteiger partial charge in [0, 0.05) is 34.5 Å². The van der Waals surface area contributed by atoms with E-state index in [0.29, 0.717) is 17.5 Å². The molecule has 0 aliphatic heterocycles. The molecule has 0 atom stereocenters. The molecule has 9 rings (SSSR count). The second-order valence-electron chi connectivity index (χ2n) is 13.1. The maximum Gasteiger partial charge on any atom is 0.164 e. The van der Waals surface area contributed by atoms with Gasteiger partial charge in [0.1, 0.15) is 0 Å². The molecule has 0 fully saturated rings. The molecule has 8 aromatic rings. The van der Waals surface area contributed by atoms with Gasteiger partial charge in [-0.3, -0.25) is 4.98 Å². The van der Waals surface area contributed by atoms with E-state index in [1.807, 2.05) is 42.6 Å². The standard InChI is InChI=1S/C45H32N4/c1-45(2)39-16-8-15-36(40(39)38-26-25-30-10-6-7-14-37(30)41(38)45)31-19-23-34(24-20-31)44-48-42(32-11-4-3-5-12-32)47-43(49-44)33-21-17-29(18-22-33)35-13-9-27-46-28-35/h3-28H,1-2H3. The summed E-state index contributed by atoms with van der Waals surface area (Å²) in [6.45, 7) is 4.71. The van der Waals surface area contributed by atoms with Crippen LogP contribution in [0.25, 0.3) is 78.3 Å². The largest absolute Gasteiger partial charge is 0.264 e. The van der Waals surface area contributed by atoms with Crippen molar-refractivity contribution in [3.8, 4) is 67.5 Å². The maximum atomic E-state index is 5.01. The Balaban J connectivity index is 1.13. The SMILES string of the molecule is CC1(C)c2cccc(-c3ccc(-c4nc(-c5ccccc5)nc(-c5ccc(-c6cccnc6)cc5)n4)cc3)c2-c2ccc3ccccc3c21. The lowest BCUT2D eigenvalue weighted by Crippen LogP contribution is -2.15. The van der Waals surface area contributed by atoms with Gasteiger partial charge in [-0.25, -0.2) is 15.0 Å². The van der Waals surface area contributed by atoms with Gasteiger partial charge in [0.05, 0.1) is 0 Å². The third-order valence-electron chi connectivity index (χ3n) is 9.82. The van der Waals surface area contributed by atoms with E-state index in [1.165, 1.54) is 44.2 Å². The molecule has 0 amide bonds. The molecule has 4 heteroatoms. The van der Waals surface area contributed by atoms with Crippen molar-refractivity contribution in [3.63, 3.8) is 0 Å². The van der Waals surface area contributed by atoms with Crippen molar-refractivity contribution in [1.29, 1.82) is 0 Å². The topological polar surface area (TPSA) is 51.6 Å². The Morgan fingerprint density at radius 3 is 1.69 bits per heavy atom. The van der Waals surface area contributed by atoms with Crippen LogP contribution in [0.15, 0.2) is 158 Å². The van der Waals surface area contributed by atoms with Gasteiger partial charge in [-0.15, -0.1) is 0 Å². The van der Waals surface area contributed by atoms with E-state index >= 15 is 0 Å². The average molecular weight is 629 g/mol. The van der Waals surface area contributed by atoms with Crippen LogP contribution in [-0.4, -0.2) is 19.9 Å². The summed E-state index contributed by atoms with van der Waals surface area (Å²) < 4.78 is 0. The van der Waals surface area contributed by atoms with Crippen LogP contribution in [0.5, 0.6) is 0 Å². The van der Waals surface area contributed by atoms with E-state index in [4.69, 9.17) is 15.0 Å². The Kier molecular flexibility index (Phi) is 6.77. The van der Waals surface area contributed by atoms with E-state index in [0.717, 1.165) is 27.8 Å². The Morgan fingerprint density at radius 1 is 0.429 bits per heavy atom. The first kappa shape index (κ1) is 28.9. The fourth-order valence-electron chi connectivity index (χ4n) is 7.39. The number of pyridine rings is 1. The maximum absolute atomic E-state index is 5.01. The molecule has 232 valence electrons. The summed E-state index contributed by atoms with van der Waals surface area (Å²) in [4.78, 5) is 19.2. The highest BCUT2D eigenvalue weighted by molar-refractivity contribution is 6.01. The Morgan fingerprint density at radius 2 is 1.02 bits per heavy atom. The second kappa shape index (κ2) is 11.5. The van der Waals surface area contributed by atoms with Crippen molar-refractivity contribution >= 4 is 10.8 Å². The normalized spacial score (nSPS) is 12.9. The van der Waals surface area contributed by atoms with Crippen LogP contribution in [0.2, 0.25) is 0 Å². The van der Waals surface area contributed by atoms with Gasteiger partial charge >= 0.3 is 0 Å². The highest BCUT2D eigenvalue weighted by Gasteiger charge is 2.38. The minimum absolute atomic E-state index is 0.104. The summed E-state index contributed by atoms with van der Waals surface area (Å²) in [7, 11) is 0. The number of benzene rings is 6. The van der Waals surface area contributed by atoms with Crippen LogP contribution in [0.3, 0.4) is 0 Å². The van der Waals surface area contributed by atoms with E-state index < -0.39 is 0 Å². The van der Waals surface area contributed by atoms with Crippen LogP contribution < -0.4 is 0 Å². The van der Waals surface area contributed by atoms with Gasteiger partial charge in [-0.2, -0.15) is 0 Å². The lowest BCUT2D eigenvalue weighted by molar-refractivity contribution is 0.666. The van der Waals surface area contributed by atoms with Crippen molar-refractivity contribution < 1.29 is 0 Å². The Labute approximate surface area is 285 Å². The third-order valence-corrected chi connectivity index (χ3v) is 9.82. The van der Waals surface area contributed by atoms with Crippen LogP contribution >= 0.6 is 0 Å². The highest BCUT2D eigenvalue weighted by atomic mass is 15.0. The number of nitrogens with zero attached hydrogens (tertiary/aromatic N) is 4. The van der Waals surface area contributed by atoms with Crippen molar-refractivity contribution in [1.82, 2.24) is 19.9 Å². The molecule has 1 aliphatic carbocycles. The number of hydrogen-bond donors (Lipinski definition) is 0. The minimum atomic E-state index is -0.104. The zero-order chi connectivity index (χ0) is 33.0.